The molecule has 5 heteroatoms. The van der Waals surface area contributed by atoms with E-state index in [2.05, 4.69) is 16.4 Å². The van der Waals surface area contributed by atoms with Gasteiger partial charge in [-0.15, -0.1) is 12.4 Å². The van der Waals surface area contributed by atoms with E-state index in [4.69, 9.17) is 4.74 Å². The number of nitrogens with one attached hydrogen (secondary N) is 1. The fourth-order valence-electron chi connectivity index (χ4n) is 2.61. The second-order valence-corrected chi connectivity index (χ2v) is 6.12. The molecule has 3 nitrogen and oxygen atoms in total. The first kappa shape index (κ1) is 15.5. The summed E-state index contributed by atoms with van der Waals surface area (Å²) >= 11 is 1.64. The van der Waals surface area contributed by atoms with Crippen LogP contribution in [-0.4, -0.2) is 24.7 Å². The van der Waals surface area contributed by atoms with E-state index in [-0.39, 0.29) is 12.4 Å². The van der Waals surface area contributed by atoms with Crippen LogP contribution in [0.1, 0.15) is 25.7 Å². The third-order valence-electron chi connectivity index (χ3n) is 3.72. The number of rotatable bonds is 5. The Kier molecular flexibility index (Phi) is 6.07. The lowest BCUT2D eigenvalue weighted by molar-refractivity contribution is 0.273. The maximum absolute atomic E-state index is 5.77. The highest BCUT2D eigenvalue weighted by Crippen LogP contribution is 2.27. The molecule has 1 fully saturated rings. The fourth-order valence-corrected chi connectivity index (χ4v) is 3.45. The van der Waals surface area contributed by atoms with E-state index in [1.807, 2.05) is 18.2 Å². The highest BCUT2D eigenvalue weighted by molar-refractivity contribution is 7.20. The molecule has 2 aromatic rings. The maximum atomic E-state index is 5.77. The maximum Gasteiger partial charge on any atom is 0.274 e. The Balaban J connectivity index is 0.00000147. The van der Waals surface area contributed by atoms with Crippen molar-refractivity contribution < 1.29 is 4.74 Å². The first-order valence-corrected chi connectivity index (χ1v) is 7.92. The fraction of sp³-hybridized carbons (Fsp3) is 0.533. The van der Waals surface area contributed by atoms with Crippen LogP contribution in [0.5, 0.6) is 5.19 Å². The molecule has 1 N–H and O–H groups in total. The van der Waals surface area contributed by atoms with Crippen LogP contribution >= 0.6 is 23.7 Å². The molecule has 1 aromatic carbocycles. The summed E-state index contributed by atoms with van der Waals surface area (Å²) in [6.45, 7) is 3.16. The Hall–Kier alpha value is -0.840. The number of ether oxygens (including phenoxy) is 1. The zero-order valence-electron chi connectivity index (χ0n) is 11.5. The second-order valence-electron chi connectivity index (χ2n) is 5.13. The zero-order valence-corrected chi connectivity index (χ0v) is 13.1. The van der Waals surface area contributed by atoms with Gasteiger partial charge in [0.2, 0.25) is 0 Å². The summed E-state index contributed by atoms with van der Waals surface area (Å²) in [5.74, 6) is 0.889. The molecule has 20 heavy (non-hydrogen) atoms. The molecule has 2 heterocycles. The normalized spacial score (nSPS) is 16.0. The van der Waals surface area contributed by atoms with Crippen LogP contribution in [0.3, 0.4) is 0 Å². The summed E-state index contributed by atoms with van der Waals surface area (Å²) in [4.78, 5) is 4.48. The van der Waals surface area contributed by atoms with Gasteiger partial charge < -0.3 is 10.1 Å². The van der Waals surface area contributed by atoms with Crippen molar-refractivity contribution in [3.63, 3.8) is 0 Å². The molecule has 0 radical (unpaired) electrons. The van der Waals surface area contributed by atoms with Crippen LogP contribution in [-0.2, 0) is 0 Å². The van der Waals surface area contributed by atoms with Gasteiger partial charge in [-0.1, -0.05) is 23.5 Å². The van der Waals surface area contributed by atoms with E-state index in [1.165, 1.54) is 37.1 Å². The molecular formula is C15H21ClN2OS. The van der Waals surface area contributed by atoms with E-state index in [0.717, 1.165) is 29.7 Å². The van der Waals surface area contributed by atoms with Crippen LogP contribution in [0.4, 0.5) is 0 Å². The van der Waals surface area contributed by atoms with Gasteiger partial charge >= 0.3 is 0 Å². The lowest BCUT2D eigenvalue weighted by Crippen LogP contribution is -2.27. The summed E-state index contributed by atoms with van der Waals surface area (Å²) in [6, 6.07) is 8.19. The van der Waals surface area contributed by atoms with E-state index in [9.17, 15) is 0 Å². The van der Waals surface area contributed by atoms with E-state index >= 15 is 0 Å². The number of nitrogens with zero attached hydrogens (tertiary/aromatic N) is 1. The molecule has 0 bridgehead atoms. The summed E-state index contributed by atoms with van der Waals surface area (Å²) in [5.41, 5.74) is 1.04. The predicted octanol–water partition coefficient (Wildman–Crippen LogP) is 3.88. The van der Waals surface area contributed by atoms with Crippen LogP contribution in [0.2, 0.25) is 0 Å². The predicted molar refractivity (Wildman–Crippen MR) is 87.2 cm³/mol. The number of para-hydroxylation sites is 1. The third kappa shape index (κ3) is 4.08. The van der Waals surface area contributed by atoms with Crippen LogP contribution < -0.4 is 10.1 Å². The summed E-state index contributed by atoms with van der Waals surface area (Å²) < 4.78 is 6.98. The quantitative estimate of drug-likeness (QED) is 0.851. The Morgan fingerprint density at radius 1 is 1.25 bits per heavy atom. The molecule has 0 spiro atoms. The van der Waals surface area contributed by atoms with Gasteiger partial charge in [-0.3, -0.25) is 0 Å². The highest BCUT2D eigenvalue weighted by Gasteiger charge is 2.12. The van der Waals surface area contributed by atoms with Crippen molar-refractivity contribution in [1.82, 2.24) is 10.3 Å². The van der Waals surface area contributed by atoms with Crippen LogP contribution in [0, 0.1) is 5.92 Å². The van der Waals surface area contributed by atoms with Crippen molar-refractivity contribution in [2.24, 2.45) is 5.92 Å². The monoisotopic (exact) mass is 312 g/mol. The Bertz CT molecular complexity index is 492. The molecule has 1 aliphatic rings. The van der Waals surface area contributed by atoms with E-state index in [0.29, 0.717) is 0 Å². The molecule has 3 rings (SSSR count). The molecule has 0 saturated carbocycles. The number of aromatic nitrogens is 1. The Morgan fingerprint density at radius 3 is 2.85 bits per heavy atom. The second kappa shape index (κ2) is 7.81. The topological polar surface area (TPSA) is 34.1 Å². The van der Waals surface area contributed by atoms with Gasteiger partial charge in [0.25, 0.3) is 5.19 Å². The summed E-state index contributed by atoms with van der Waals surface area (Å²) in [5, 5.41) is 4.22. The van der Waals surface area contributed by atoms with Crippen LogP contribution in [0.15, 0.2) is 24.3 Å². The summed E-state index contributed by atoms with van der Waals surface area (Å²) in [6.07, 6.45) is 5.06. The smallest absolute Gasteiger partial charge is 0.274 e. The SMILES string of the molecule is Cl.c1ccc2sc(OCCCC3CCNCC3)nc2c1. The van der Waals surface area contributed by atoms with Crippen molar-refractivity contribution in [2.45, 2.75) is 25.7 Å². The Morgan fingerprint density at radius 2 is 2.05 bits per heavy atom. The number of hydrogen-bond acceptors (Lipinski definition) is 4. The van der Waals surface area contributed by atoms with E-state index in [1.54, 1.807) is 11.3 Å². The number of fused-ring (bicyclic) bond motifs is 1. The first-order chi connectivity index (χ1) is 9.42. The average Bonchev–Trinajstić information content (AvgIpc) is 2.87. The minimum absolute atomic E-state index is 0. The van der Waals surface area contributed by atoms with Gasteiger partial charge in [0, 0.05) is 0 Å². The van der Waals surface area contributed by atoms with Crippen molar-refractivity contribution in [1.29, 1.82) is 0 Å². The molecule has 0 atom stereocenters. The number of hydrogen-bond donors (Lipinski definition) is 1. The number of halogens is 1. The third-order valence-corrected chi connectivity index (χ3v) is 4.66. The molecule has 0 unspecified atom stereocenters. The largest absolute Gasteiger partial charge is 0.470 e. The standard InChI is InChI=1S/C15H20N2OS.ClH/c1-2-6-14-13(5-1)17-15(19-14)18-11-3-4-12-7-9-16-10-8-12;/h1-2,5-6,12,16H,3-4,7-11H2;1H. The number of thiazole rings is 1. The van der Waals surface area contributed by atoms with Crippen molar-refractivity contribution in [2.75, 3.05) is 19.7 Å². The molecular weight excluding hydrogens is 292 g/mol. The number of benzene rings is 1. The van der Waals surface area contributed by atoms with Gasteiger partial charge in [-0.05, 0) is 56.8 Å². The van der Waals surface area contributed by atoms with Gasteiger partial charge in [0.15, 0.2) is 0 Å². The number of piperidine rings is 1. The van der Waals surface area contributed by atoms with Gasteiger partial charge in [-0.25, -0.2) is 4.98 Å². The average molecular weight is 313 g/mol. The molecule has 1 aliphatic heterocycles. The highest BCUT2D eigenvalue weighted by atomic mass is 35.5. The molecule has 0 aliphatic carbocycles. The molecule has 1 aromatic heterocycles. The first-order valence-electron chi connectivity index (χ1n) is 7.11. The Labute approximate surface area is 130 Å². The van der Waals surface area contributed by atoms with Crippen LogP contribution in [0.25, 0.3) is 10.2 Å². The van der Waals surface area contributed by atoms with Gasteiger partial charge in [0.05, 0.1) is 16.8 Å². The molecule has 1 saturated heterocycles. The van der Waals surface area contributed by atoms with Crippen molar-refractivity contribution in [3.05, 3.63) is 24.3 Å². The van der Waals surface area contributed by atoms with Gasteiger partial charge in [-0.2, -0.15) is 0 Å². The molecule has 110 valence electrons. The van der Waals surface area contributed by atoms with Crippen molar-refractivity contribution in [3.8, 4) is 5.19 Å². The van der Waals surface area contributed by atoms with Crippen molar-refractivity contribution >= 4 is 34.0 Å². The summed E-state index contributed by atoms with van der Waals surface area (Å²) in [7, 11) is 0. The molecule has 0 amide bonds. The minimum atomic E-state index is 0. The van der Waals surface area contributed by atoms with E-state index < -0.39 is 0 Å². The lowest BCUT2D eigenvalue weighted by atomic mass is 9.93. The van der Waals surface area contributed by atoms with Gasteiger partial charge in [0.1, 0.15) is 0 Å². The zero-order chi connectivity index (χ0) is 12.9. The minimum Gasteiger partial charge on any atom is -0.470 e. The lowest BCUT2D eigenvalue weighted by Gasteiger charge is -2.22.